The topological polar surface area (TPSA) is 56.5 Å². The molecule has 1 aromatic heterocycles. The summed E-state index contributed by atoms with van der Waals surface area (Å²) in [5.74, 6) is 0.951. The maximum absolute atomic E-state index is 12.4. The highest BCUT2D eigenvalue weighted by atomic mass is 19.3. The molecule has 0 aliphatic rings. The monoisotopic (exact) mass is 298 g/mol. The third-order valence-electron chi connectivity index (χ3n) is 3.03. The summed E-state index contributed by atoms with van der Waals surface area (Å²) in [7, 11) is 1.39. The minimum atomic E-state index is -2.91. The standard InChI is InChI=1S/C14H16F2N2O3/c1-8-11(9(2)21-18-8)7-17-10-4-5-12(19-3)13(6-10)20-14(15)16/h4-6,14,17H,7H2,1-3H3. The molecule has 0 saturated heterocycles. The number of nitrogens with zero attached hydrogens (tertiary/aromatic N) is 1. The van der Waals surface area contributed by atoms with Crippen molar-refractivity contribution >= 4 is 5.69 Å². The Bertz CT molecular complexity index is 595. The lowest BCUT2D eigenvalue weighted by molar-refractivity contribution is -0.0511. The maximum atomic E-state index is 12.4. The van der Waals surface area contributed by atoms with Crippen LogP contribution in [-0.2, 0) is 6.54 Å². The Morgan fingerprint density at radius 1 is 1.29 bits per heavy atom. The number of anilines is 1. The first-order valence-electron chi connectivity index (χ1n) is 6.29. The minimum Gasteiger partial charge on any atom is -0.493 e. The largest absolute Gasteiger partial charge is 0.493 e. The van der Waals surface area contributed by atoms with Crippen molar-refractivity contribution in [2.75, 3.05) is 12.4 Å². The Hall–Kier alpha value is -2.31. The third-order valence-corrected chi connectivity index (χ3v) is 3.03. The number of alkyl halides is 2. The quantitative estimate of drug-likeness (QED) is 0.884. The number of benzene rings is 1. The van der Waals surface area contributed by atoms with Crippen molar-refractivity contribution in [2.24, 2.45) is 0 Å². The third kappa shape index (κ3) is 3.62. The highest BCUT2D eigenvalue weighted by molar-refractivity contribution is 5.55. The van der Waals surface area contributed by atoms with E-state index in [1.807, 2.05) is 13.8 Å². The molecular weight excluding hydrogens is 282 g/mol. The zero-order valence-corrected chi connectivity index (χ0v) is 11.9. The van der Waals surface area contributed by atoms with Crippen LogP contribution in [0.2, 0.25) is 0 Å². The fraction of sp³-hybridized carbons (Fsp3) is 0.357. The summed E-state index contributed by atoms with van der Waals surface area (Å²) >= 11 is 0. The van der Waals surface area contributed by atoms with E-state index in [0.717, 1.165) is 17.0 Å². The molecule has 1 N–H and O–H groups in total. The molecule has 5 nitrogen and oxygen atoms in total. The van der Waals surface area contributed by atoms with Gasteiger partial charge in [-0.05, 0) is 26.0 Å². The van der Waals surface area contributed by atoms with Gasteiger partial charge >= 0.3 is 6.61 Å². The molecule has 0 aliphatic heterocycles. The van der Waals surface area contributed by atoms with Crippen LogP contribution >= 0.6 is 0 Å². The number of rotatable bonds is 6. The van der Waals surface area contributed by atoms with Crippen molar-refractivity contribution in [3.63, 3.8) is 0 Å². The minimum absolute atomic E-state index is 0.0173. The van der Waals surface area contributed by atoms with E-state index in [1.165, 1.54) is 13.2 Å². The van der Waals surface area contributed by atoms with Crippen molar-refractivity contribution < 1.29 is 22.8 Å². The van der Waals surface area contributed by atoms with E-state index in [0.29, 0.717) is 12.2 Å². The molecule has 0 fully saturated rings. The van der Waals surface area contributed by atoms with E-state index in [4.69, 9.17) is 9.26 Å². The van der Waals surface area contributed by atoms with E-state index < -0.39 is 6.61 Å². The second kappa shape index (κ2) is 6.43. The number of halogens is 2. The van der Waals surface area contributed by atoms with Crippen LogP contribution in [0.25, 0.3) is 0 Å². The van der Waals surface area contributed by atoms with E-state index >= 15 is 0 Å². The van der Waals surface area contributed by atoms with Gasteiger partial charge < -0.3 is 19.3 Å². The van der Waals surface area contributed by atoms with Gasteiger partial charge in [0.1, 0.15) is 5.76 Å². The molecule has 0 aliphatic carbocycles. The van der Waals surface area contributed by atoms with Gasteiger partial charge in [0.25, 0.3) is 0 Å². The fourth-order valence-electron chi connectivity index (χ4n) is 1.92. The van der Waals surface area contributed by atoms with Gasteiger partial charge in [-0.1, -0.05) is 5.16 Å². The highest BCUT2D eigenvalue weighted by Crippen LogP contribution is 2.31. The summed E-state index contributed by atoms with van der Waals surface area (Å²) in [6, 6.07) is 4.74. The van der Waals surface area contributed by atoms with Crippen LogP contribution in [-0.4, -0.2) is 18.9 Å². The molecule has 0 saturated carbocycles. The van der Waals surface area contributed by atoms with Crippen molar-refractivity contribution in [2.45, 2.75) is 27.0 Å². The van der Waals surface area contributed by atoms with E-state index in [2.05, 4.69) is 15.2 Å². The number of hydrogen-bond donors (Lipinski definition) is 1. The van der Waals surface area contributed by atoms with Crippen LogP contribution in [0.1, 0.15) is 17.0 Å². The lowest BCUT2D eigenvalue weighted by Crippen LogP contribution is -2.05. The van der Waals surface area contributed by atoms with Crippen LogP contribution in [0, 0.1) is 13.8 Å². The van der Waals surface area contributed by atoms with Gasteiger partial charge in [0.2, 0.25) is 0 Å². The van der Waals surface area contributed by atoms with Crippen molar-refractivity contribution in [3.05, 3.63) is 35.2 Å². The number of hydrogen-bond acceptors (Lipinski definition) is 5. The number of aromatic nitrogens is 1. The first-order chi connectivity index (χ1) is 10.0. The van der Waals surface area contributed by atoms with Crippen LogP contribution in [0.15, 0.2) is 22.7 Å². The van der Waals surface area contributed by atoms with Crippen LogP contribution < -0.4 is 14.8 Å². The Kier molecular flexibility index (Phi) is 4.62. The van der Waals surface area contributed by atoms with Crippen LogP contribution in [0.5, 0.6) is 11.5 Å². The normalized spacial score (nSPS) is 10.8. The van der Waals surface area contributed by atoms with Crippen molar-refractivity contribution in [1.82, 2.24) is 5.16 Å². The summed E-state index contributed by atoms with van der Waals surface area (Å²) in [4.78, 5) is 0. The first kappa shape index (κ1) is 15.1. The molecule has 0 bridgehead atoms. The predicted molar refractivity (Wildman–Crippen MR) is 72.9 cm³/mol. The van der Waals surface area contributed by atoms with Gasteiger partial charge in [-0.3, -0.25) is 0 Å². The summed E-state index contributed by atoms with van der Waals surface area (Å²) in [6.07, 6.45) is 0. The number of methoxy groups -OCH3 is 1. The molecular formula is C14H16F2N2O3. The van der Waals surface area contributed by atoms with Gasteiger partial charge in [-0.2, -0.15) is 8.78 Å². The number of ether oxygens (including phenoxy) is 2. The highest BCUT2D eigenvalue weighted by Gasteiger charge is 2.12. The molecule has 0 amide bonds. The van der Waals surface area contributed by atoms with Crippen LogP contribution in [0.4, 0.5) is 14.5 Å². The second-order valence-electron chi connectivity index (χ2n) is 4.40. The summed E-state index contributed by atoms with van der Waals surface area (Å²) in [6.45, 7) is 1.22. The molecule has 114 valence electrons. The lowest BCUT2D eigenvalue weighted by atomic mass is 10.2. The molecule has 2 rings (SSSR count). The SMILES string of the molecule is COc1ccc(NCc2c(C)noc2C)cc1OC(F)F. The van der Waals surface area contributed by atoms with Crippen molar-refractivity contribution in [1.29, 1.82) is 0 Å². The molecule has 0 atom stereocenters. The average Bonchev–Trinajstić information content (AvgIpc) is 2.75. The smallest absolute Gasteiger partial charge is 0.387 e. The zero-order chi connectivity index (χ0) is 15.4. The Balaban J connectivity index is 2.13. The second-order valence-corrected chi connectivity index (χ2v) is 4.40. The number of aryl methyl sites for hydroxylation is 2. The molecule has 0 radical (unpaired) electrons. The summed E-state index contributed by atoms with van der Waals surface area (Å²) < 4.78 is 39.2. The molecule has 0 unspecified atom stereocenters. The molecule has 21 heavy (non-hydrogen) atoms. The van der Waals surface area contributed by atoms with E-state index in [-0.39, 0.29) is 11.5 Å². The maximum Gasteiger partial charge on any atom is 0.387 e. The van der Waals surface area contributed by atoms with Crippen molar-refractivity contribution in [3.8, 4) is 11.5 Å². The van der Waals surface area contributed by atoms with Gasteiger partial charge in [-0.25, -0.2) is 0 Å². The zero-order valence-electron chi connectivity index (χ0n) is 11.9. The molecule has 0 spiro atoms. The van der Waals surface area contributed by atoms with Gasteiger partial charge in [-0.15, -0.1) is 0 Å². The van der Waals surface area contributed by atoms with Gasteiger partial charge in [0.15, 0.2) is 11.5 Å². The summed E-state index contributed by atoms with van der Waals surface area (Å²) in [5.41, 5.74) is 2.35. The summed E-state index contributed by atoms with van der Waals surface area (Å²) in [5, 5.41) is 6.97. The fourth-order valence-corrected chi connectivity index (χ4v) is 1.92. The Morgan fingerprint density at radius 2 is 2.05 bits per heavy atom. The van der Waals surface area contributed by atoms with E-state index in [9.17, 15) is 8.78 Å². The van der Waals surface area contributed by atoms with Crippen LogP contribution in [0.3, 0.4) is 0 Å². The first-order valence-corrected chi connectivity index (χ1v) is 6.29. The van der Waals surface area contributed by atoms with E-state index in [1.54, 1.807) is 12.1 Å². The molecule has 1 aromatic carbocycles. The lowest BCUT2D eigenvalue weighted by Gasteiger charge is -2.12. The molecule has 7 heteroatoms. The molecule has 1 heterocycles. The van der Waals surface area contributed by atoms with Gasteiger partial charge in [0, 0.05) is 23.9 Å². The van der Waals surface area contributed by atoms with Gasteiger partial charge in [0.05, 0.1) is 12.8 Å². The molecule has 2 aromatic rings. The Morgan fingerprint density at radius 3 is 2.62 bits per heavy atom. The Labute approximate surface area is 120 Å². The predicted octanol–water partition coefficient (Wildman–Crippen LogP) is 3.51. The number of nitrogens with one attached hydrogen (secondary N) is 1. The average molecular weight is 298 g/mol.